The summed E-state index contributed by atoms with van der Waals surface area (Å²) < 4.78 is 0. The summed E-state index contributed by atoms with van der Waals surface area (Å²) in [7, 11) is 0. The molecule has 0 atom stereocenters. The number of hydrogen-bond acceptors (Lipinski definition) is 1. The second kappa shape index (κ2) is 15.0. The molecular weight excluding hydrogens is 236 g/mol. The molecule has 0 saturated heterocycles. The first-order valence-corrected chi connectivity index (χ1v) is 7.79. The van der Waals surface area contributed by atoms with Crippen LogP contribution in [0.25, 0.3) is 0 Å². The lowest BCUT2D eigenvalue weighted by molar-refractivity contribution is -0.136. The van der Waals surface area contributed by atoms with Gasteiger partial charge in [-0.25, -0.2) is 0 Å². The zero-order valence-electron chi connectivity index (χ0n) is 12.4. The molecule has 2 nitrogen and oxygen atoms in total. The maximum absolute atomic E-state index is 10.3. The first-order valence-electron chi connectivity index (χ1n) is 7.79. The van der Waals surface area contributed by atoms with Gasteiger partial charge in [-0.1, -0.05) is 63.3 Å². The smallest absolute Gasteiger partial charge is 0.303 e. The Morgan fingerprint density at radius 1 is 0.789 bits per heavy atom. The van der Waals surface area contributed by atoms with Crippen LogP contribution in [0.1, 0.15) is 77.6 Å². The third-order valence-corrected chi connectivity index (χ3v) is 3.08. The highest BCUT2D eigenvalue weighted by atomic mass is 16.4. The molecular formula is C17H30O2. The number of rotatable bonds is 13. The Labute approximate surface area is 118 Å². The molecule has 19 heavy (non-hydrogen) atoms. The number of carboxylic acids is 1. The average Bonchev–Trinajstić information content (AvgIpc) is 2.39. The molecule has 0 aliphatic rings. The van der Waals surface area contributed by atoms with Gasteiger partial charge in [0.1, 0.15) is 0 Å². The van der Waals surface area contributed by atoms with Crippen LogP contribution in [0, 0.1) is 0 Å². The van der Waals surface area contributed by atoms with E-state index in [0.29, 0.717) is 6.42 Å². The van der Waals surface area contributed by atoms with Crippen LogP contribution in [0.15, 0.2) is 24.3 Å². The summed E-state index contributed by atoms with van der Waals surface area (Å²) in [6, 6.07) is 0. The Balaban J connectivity index is 3.19. The molecule has 110 valence electrons. The molecule has 0 aromatic rings. The van der Waals surface area contributed by atoms with E-state index in [1.165, 1.54) is 44.9 Å². The normalized spacial score (nSPS) is 11.6. The molecule has 0 bridgehead atoms. The van der Waals surface area contributed by atoms with Crippen molar-refractivity contribution in [1.29, 1.82) is 0 Å². The molecule has 0 aliphatic carbocycles. The Hall–Kier alpha value is -1.05. The van der Waals surface area contributed by atoms with Gasteiger partial charge >= 0.3 is 5.97 Å². The highest BCUT2D eigenvalue weighted by Gasteiger charge is 1.91. The molecule has 2 heteroatoms. The van der Waals surface area contributed by atoms with Crippen molar-refractivity contribution >= 4 is 5.97 Å². The van der Waals surface area contributed by atoms with E-state index in [4.69, 9.17) is 5.11 Å². The van der Waals surface area contributed by atoms with E-state index in [9.17, 15) is 4.79 Å². The zero-order chi connectivity index (χ0) is 14.2. The first kappa shape index (κ1) is 17.9. The molecule has 1 N–H and O–H groups in total. The van der Waals surface area contributed by atoms with Crippen LogP contribution in [0.4, 0.5) is 0 Å². The van der Waals surface area contributed by atoms with E-state index in [2.05, 4.69) is 25.2 Å². The van der Waals surface area contributed by atoms with Crippen molar-refractivity contribution in [2.45, 2.75) is 77.6 Å². The largest absolute Gasteiger partial charge is 0.481 e. The third-order valence-electron chi connectivity index (χ3n) is 3.08. The summed E-state index contributed by atoms with van der Waals surface area (Å²) in [5.41, 5.74) is 0. The van der Waals surface area contributed by atoms with E-state index in [1.54, 1.807) is 0 Å². The molecule has 0 saturated carbocycles. The minimum atomic E-state index is -0.719. The Bertz CT molecular complexity index is 254. The van der Waals surface area contributed by atoms with Crippen molar-refractivity contribution in [3.05, 3.63) is 24.3 Å². The van der Waals surface area contributed by atoms with Gasteiger partial charge in [-0.2, -0.15) is 0 Å². The predicted molar refractivity (Wildman–Crippen MR) is 82.4 cm³/mol. The van der Waals surface area contributed by atoms with E-state index in [0.717, 1.165) is 12.8 Å². The fourth-order valence-electron chi connectivity index (χ4n) is 1.91. The Morgan fingerprint density at radius 2 is 1.32 bits per heavy atom. The van der Waals surface area contributed by atoms with Gasteiger partial charge < -0.3 is 5.11 Å². The van der Waals surface area contributed by atoms with E-state index >= 15 is 0 Å². The first-order chi connectivity index (χ1) is 9.27. The van der Waals surface area contributed by atoms with Crippen molar-refractivity contribution in [3.63, 3.8) is 0 Å². The summed E-state index contributed by atoms with van der Waals surface area (Å²) in [6.07, 6.45) is 20.9. The summed E-state index contributed by atoms with van der Waals surface area (Å²) >= 11 is 0. The fourth-order valence-corrected chi connectivity index (χ4v) is 1.91. The summed E-state index contributed by atoms with van der Waals surface area (Å²) in [4.78, 5) is 10.3. The SMILES string of the molecule is CCCCCCCCC=CCCC=CCCC(=O)O. The van der Waals surface area contributed by atoms with Crippen LogP contribution in [-0.4, -0.2) is 11.1 Å². The molecule has 0 rings (SSSR count). The number of allylic oxidation sites excluding steroid dienone is 4. The van der Waals surface area contributed by atoms with Gasteiger partial charge in [0.2, 0.25) is 0 Å². The summed E-state index contributed by atoms with van der Waals surface area (Å²) in [5, 5.41) is 8.46. The second-order valence-corrected chi connectivity index (χ2v) is 5.01. The molecule has 0 heterocycles. The Morgan fingerprint density at radius 3 is 1.95 bits per heavy atom. The minimum Gasteiger partial charge on any atom is -0.481 e. The van der Waals surface area contributed by atoms with Crippen LogP contribution in [0.5, 0.6) is 0 Å². The van der Waals surface area contributed by atoms with Crippen molar-refractivity contribution in [2.24, 2.45) is 0 Å². The minimum absolute atomic E-state index is 0.240. The maximum atomic E-state index is 10.3. The maximum Gasteiger partial charge on any atom is 0.303 e. The molecule has 0 aliphatic heterocycles. The number of aliphatic carboxylic acids is 1. The van der Waals surface area contributed by atoms with Crippen molar-refractivity contribution < 1.29 is 9.90 Å². The van der Waals surface area contributed by atoms with Gasteiger partial charge in [0.15, 0.2) is 0 Å². The molecule has 0 aromatic heterocycles. The lowest BCUT2D eigenvalue weighted by atomic mass is 10.1. The van der Waals surface area contributed by atoms with Crippen molar-refractivity contribution in [1.82, 2.24) is 0 Å². The van der Waals surface area contributed by atoms with Crippen LogP contribution in [0.2, 0.25) is 0 Å². The van der Waals surface area contributed by atoms with Crippen LogP contribution >= 0.6 is 0 Å². The predicted octanol–water partition coefficient (Wildman–Crippen LogP) is 5.49. The molecule has 0 spiro atoms. The molecule has 0 aromatic carbocycles. The van der Waals surface area contributed by atoms with Crippen LogP contribution < -0.4 is 0 Å². The molecule has 0 unspecified atom stereocenters. The number of carboxylic acid groups (broad SMARTS) is 1. The fraction of sp³-hybridized carbons (Fsp3) is 0.706. The van der Waals surface area contributed by atoms with Gasteiger partial charge in [0.05, 0.1) is 0 Å². The summed E-state index contributed by atoms with van der Waals surface area (Å²) in [6.45, 7) is 2.25. The van der Waals surface area contributed by atoms with Crippen molar-refractivity contribution in [2.75, 3.05) is 0 Å². The van der Waals surface area contributed by atoms with Gasteiger partial charge in [-0.3, -0.25) is 4.79 Å². The van der Waals surface area contributed by atoms with Gasteiger partial charge in [0, 0.05) is 6.42 Å². The Kier molecular flexibility index (Phi) is 14.2. The lowest BCUT2D eigenvalue weighted by Crippen LogP contribution is -1.91. The lowest BCUT2D eigenvalue weighted by Gasteiger charge is -1.97. The topological polar surface area (TPSA) is 37.3 Å². The monoisotopic (exact) mass is 266 g/mol. The highest BCUT2D eigenvalue weighted by Crippen LogP contribution is 2.07. The van der Waals surface area contributed by atoms with E-state index < -0.39 is 5.97 Å². The number of unbranched alkanes of at least 4 members (excludes halogenated alkanes) is 7. The van der Waals surface area contributed by atoms with Gasteiger partial charge in [0.25, 0.3) is 0 Å². The highest BCUT2D eigenvalue weighted by molar-refractivity contribution is 5.66. The molecule has 0 amide bonds. The van der Waals surface area contributed by atoms with Crippen LogP contribution in [-0.2, 0) is 4.79 Å². The number of hydrogen-bond donors (Lipinski definition) is 1. The second-order valence-electron chi connectivity index (χ2n) is 5.01. The van der Waals surface area contributed by atoms with Crippen molar-refractivity contribution in [3.8, 4) is 0 Å². The summed E-state index contributed by atoms with van der Waals surface area (Å²) in [5.74, 6) is -0.719. The number of carbonyl (C=O) groups is 1. The van der Waals surface area contributed by atoms with E-state index in [-0.39, 0.29) is 6.42 Å². The average molecular weight is 266 g/mol. The standard InChI is InChI=1S/C17H30O2/c1-2-3-4-5-6-7-8-9-10-11-12-13-14-15-16-17(18)19/h9-10,13-14H,2-8,11-12,15-16H2,1H3,(H,18,19). The zero-order valence-corrected chi connectivity index (χ0v) is 12.4. The van der Waals surface area contributed by atoms with Gasteiger partial charge in [-0.15, -0.1) is 0 Å². The van der Waals surface area contributed by atoms with E-state index in [1.807, 2.05) is 6.08 Å². The van der Waals surface area contributed by atoms with Crippen LogP contribution in [0.3, 0.4) is 0 Å². The molecule has 0 fully saturated rings. The van der Waals surface area contributed by atoms with Gasteiger partial charge in [-0.05, 0) is 32.1 Å². The quantitative estimate of drug-likeness (QED) is 0.353. The molecule has 0 radical (unpaired) electrons. The third kappa shape index (κ3) is 16.9.